The Morgan fingerprint density at radius 3 is 2.57 bits per heavy atom. The minimum Gasteiger partial charge on any atom is -0.379 e. The summed E-state index contributed by atoms with van der Waals surface area (Å²) in [6.07, 6.45) is 0.338. The Morgan fingerprint density at radius 1 is 1.50 bits per heavy atom. The third kappa shape index (κ3) is 4.55. The van der Waals surface area contributed by atoms with E-state index in [0.717, 1.165) is 13.1 Å². The molecule has 0 aromatic rings. The van der Waals surface area contributed by atoms with E-state index < -0.39 is 5.54 Å². The fourth-order valence-corrected chi connectivity index (χ4v) is 1.30. The van der Waals surface area contributed by atoms with Crippen molar-refractivity contribution < 1.29 is 9.53 Å². The second-order valence-corrected chi connectivity index (χ2v) is 4.30. The van der Waals surface area contributed by atoms with Gasteiger partial charge in [-0.3, -0.25) is 10.2 Å². The average molecular weight is 201 g/mol. The first-order valence-corrected chi connectivity index (χ1v) is 4.88. The van der Waals surface area contributed by atoms with Crippen LogP contribution in [-0.2, 0) is 9.53 Å². The second-order valence-electron chi connectivity index (χ2n) is 4.30. The van der Waals surface area contributed by atoms with Gasteiger partial charge in [0.05, 0.1) is 13.2 Å². The first-order valence-electron chi connectivity index (χ1n) is 4.88. The minimum absolute atomic E-state index is 0.0283. The molecule has 0 aliphatic carbocycles. The van der Waals surface area contributed by atoms with Gasteiger partial charge in [0.2, 0.25) is 5.91 Å². The molecule has 1 aliphatic heterocycles. The third-order valence-corrected chi connectivity index (χ3v) is 1.91. The van der Waals surface area contributed by atoms with Crippen molar-refractivity contribution in [3.05, 3.63) is 0 Å². The Labute approximate surface area is 84.5 Å². The number of ether oxygens (including phenoxy) is 1. The first kappa shape index (κ1) is 11.4. The van der Waals surface area contributed by atoms with E-state index >= 15 is 0 Å². The molecular weight excluding hydrogens is 182 g/mol. The predicted octanol–water partition coefficient (Wildman–Crippen LogP) is -0.523. The number of carbonyl (C=O) groups is 1. The number of nitrogens with zero attached hydrogens (tertiary/aromatic N) is 1. The van der Waals surface area contributed by atoms with Gasteiger partial charge in [0.1, 0.15) is 0 Å². The van der Waals surface area contributed by atoms with E-state index in [-0.39, 0.29) is 5.91 Å². The van der Waals surface area contributed by atoms with Crippen LogP contribution in [0, 0.1) is 0 Å². The Hall–Kier alpha value is -0.650. The molecule has 0 bridgehead atoms. The zero-order valence-electron chi connectivity index (χ0n) is 8.88. The van der Waals surface area contributed by atoms with Crippen LogP contribution in [-0.4, -0.2) is 42.8 Å². The fraction of sp³-hybridized carbons (Fsp3) is 0.889. The van der Waals surface area contributed by atoms with Gasteiger partial charge >= 0.3 is 0 Å². The molecule has 0 radical (unpaired) electrons. The standard InChI is InChI=1S/C9H19N3O2/c1-9(2,10)7-8(13)11-12-3-5-14-6-4-12/h3-7,10H2,1-2H3,(H,11,13). The minimum atomic E-state index is -0.448. The summed E-state index contributed by atoms with van der Waals surface area (Å²) in [6, 6.07) is 0. The summed E-state index contributed by atoms with van der Waals surface area (Å²) >= 11 is 0. The van der Waals surface area contributed by atoms with Gasteiger partial charge in [-0.25, -0.2) is 5.01 Å². The number of amides is 1. The number of morpholine rings is 1. The van der Waals surface area contributed by atoms with Crippen molar-refractivity contribution in [2.75, 3.05) is 26.3 Å². The van der Waals surface area contributed by atoms with Gasteiger partial charge in [0.15, 0.2) is 0 Å². The maximum absolute atomic E-state index is 11.5. The highest BCUT2D eigenvalue weighted by Gasteiger charge is 2.19. The van der Waals surface area contributed by atoms with Gasteiger partial charge in [0, 0.05) is 25.0 Å². The fourth-order valence-electron chi connectivity index (χ4n) is 1.30. The zero-order valence-corrected chi connectivity index (χ0v) is 8.88. The smallest absolute Gasteiger partial charge is 0.236 e. The molecule has 5 nitrogen and oxygen atoms in total. The largest absolute Gasteiger partial charge is 0.379 e. The molecule has 3 N–H and O–H groups in total. The van der Waals surface area contributed by atoms with Crippen molar-refractivity contribution in [2.24, 2.45) is 5.73 Å². The van der Waals surface area contributed by atoms with Crippen LogP contribution in [0.4, 0.5) is 0 Å². The lowest BCUT2D eigenvalue weighted by molar-refractivity contribution is -0.128. The SMILES string of the molecule is CC(C)(N)CC(=O)NN1CCOCC1. The van der Waals surface area contributed by atoms with E-state index in [1.165, 1.54) is 0 Å². The van der Waals surface area contributed by atoms with Gasteiger partial charge in [-0.2, -0.15) is 0 Å². The Balaban J connectivity index is 2.25. The lowest BCUT2D eigenvalue weighted by Crippen LogP contribution is -2.50. The van der Waals surface area contributed by atoms with Gasteiger partial charge < -0.3 is 10.5 Å². The summed E-state index contributed by atoms with van der Waals surface area (Å²) in [5.74, 6) is -0.0283. The predicted molar refractivity (Wildman–Crippen MR) is 53.4 cm³/mol. The Bertz CT molecular complexity index is 195. The molecule has 0 spiro atoms. The lowest BCUT2D eigenvalue weighted by Gasteiger charge is -2.28. The second kappa shape index (κ2) is 4.72. The molecule has 0 aromatic carbocycles. The van der Waals surface area contributed by atoms with Gasteiger partial charge in [-0.05, 0) is 13.8 Å². The van der Waals surface area contributed by atoms with Crippen molar-refractivity contribution in [1.29, 1.82) is 0 Å². The first-order chi connectivity index (χ1) is 6.47. The van der Waals surface area contributed by atoms with E-state index in [1.54, 1.807) is 0 Å². The Kier molecular flexibility index (Phi) is 3.86. The van der Waals surface area contributed by atoms with Crippen LogP contribution in [0.1, 0.15) is 20.3 Å². The monoisotopic (exact) mass is 201 g/mol. The maximum atomic E-state index is 11.5. The highest BCUT2D eigenvalue weighted by molar-refractivity contribution is 5.76. The van der Waals surface area contributed by atoms with Crippen LogP contribution >= 0.6 is 0 Å². The number of carbonyl (C=O) groups excluding carboxylic acids is 1. The Morgan fingerprint density at radius 2 is 2.07 bits per heavy atom. The van der Waals surface area contributed by atoms with Gasteiger partial charge in [-0.1, -0.05) is 0 Å². The molecule has 1 heterocycles. The number of hydrazine groups is 1. The molecule has 1 saturated heterocycles. The molecule has 82 valence electrons. The van der Waals surface area contributed by atoms with E-state index in [0.29, 0.717) is 19.6 Å². The van der Waals surface area contributed by atoms with Gasteiger partial charge in [-0.15, -0.1) is 0 Å². The molecule has 0 unspecified atom stereocenters. The van der Waals surface area contributed by atoms with Crippen LogP contribution in [0.15, 0.2) is 0 Å². The van der Waals surface area contributed by atoms with E-state index in [2.05, 4.69) is 5.43 Å². The van der Waals surface area contributed by atoms with Crippen molar-refractivity contribution in [3.63, 3.8) is 0 Å². The van der Waals surface area contributed by atoms with Crippen LogP contribution in [0.5, 0.6) is 0 Å². The highest BCUT2D eigenvalue weighted by atomic mass is 16.5. The van der Waals surface area contributed by atoms with Crippen LogP contribution in [0.25, 0.3) is 0 Å². The molecule has 1 rings (SSSR count). The normalized spacial score (nSPS) is 19.4. The number of rotatable bonds is 3. The topological polar surface area (TPSA) is 67.6 Å². The molecule has 14 heavy (non-hydrogen) atoms. The van der Waals surface area contributed by atoms with Crippen LogP contribution in [0.3, 0.4) is 0 Å². The van der Waals surface area contributed by atoms with Crippen molar-refractivity contribution in [2.45, 2.75) is 25.8 Å². The molecule has 0 aromatic heterocycles. The number of nitrogens with one attached hydrogen (secondary N) is 1. The molecule has 0 saturated carbocycles. The third-order valence-electron chi connectivity index (χ3n) is 1.91. The number of hydrogen-bond acceptors (Lipinski definition) is 4. The average Bonchev–Trinajstić information content (AvgIpc) is 2.02. The highest BCUT2D eigenvalue weighted by Crippen LogP contribution is 2.03. The van der Waals surface area contributed by atoms with Gasteiger partial charge in [0.25, 0.3) is 0 Å². The zero-order chi connectivity index (χ0) is 10.6. The van der Waals surface area contributed by atoms with E-state index in [9.17, 15) is 4.79 Å². The van der Waals surface area contributed by atoms with Crippen LogP contribution < -0.4 is 11.2 Å². The maximum Gasteiger partial charge on any atom is 0.236 e. The molecule has 5 heteroatoms. The quantitative estimate of drug-likeness (QED) is 0.644. The summed E-state index contributed by atoms with van der Waals surface area (Å²) in [6.45, 7) is 6.52. The molecular formula is C9H19N3O2. The van der Waals surface area contributed by atoms with Crippen molar-refractivity contribution in [3.8, 4) is 0 Å². The summed E-state index contributed by atoms with van der Waals surface area (Å²) in [5, 5.41) is 1.87. The number of hydrogen-bond donors (Lipinski definition) is 2. The summed E-state index contributed by atoms with van der Waals surface area (Å²) in [7, 11) is 0. The van der Waals surface area contributed by atoms with Crippen molar-refractivity contribution in [1.82, 2.24) is 10.4 Å². The van der Waals surface area contributed by atoms with Crippen molar-refractivity contribution >= 4 is 5.91 Å². The molecule has 1 amide bonds. The molecule has 1 fully saturated rings. The van der Waals surface area contributed by atoms with Crippen LogP contribution in [0.2, 0.25) is 0 Å². The summed E-state index contributed by atoms with van der Waals surface area (Å²) in [5.41, 5.74) is 8.10. The van der Waals surface area contributed by atoms with E-state index in [4.69, 9.17) is 10.5 Å². The summed E-state index contributed by atoms with van der Waals surface area (Å²) in [4.78, 5) is 11.5. The number of nitrogens with two attached hydrogens (primary N) is 1. The molecule has 0 atom stereocenters. The lowest BCUT2D eigenvalue weighted by atomic mass is 10.0. The molecule has 1 aliphatic rings. The summed E-state index contributed by atoms with van der Waals surface area (Å²) < 4.78 is 5.16. The van der Waals surface area contributed by atoms with E-state index in [1.807, 2.05) is 18.9 Å².